The molecule has 0 fully saturated rings. The van der Waals surface area contributed by atoms with Crippen LogP contribution in [0.15, 0.2) is 66.3 Å². The Labute approximate surface area is 186 Å². The van der Waals surface area contributed by atoms with E-state index in [2.05, 4.69) is 78.6 Å². The summed E-state index contributed by atoms with van der Waals surface area (Å²) in [7, 11) is 4.22. The molecule has 31 heavy (non-hydrogen) atoms. The molecular formula is C27H33N3O. The molecule has 0 saturated carbocycles. The van der Waals surface area contributed by atoms with E-state index < -0.39 is 0 Å². The fourth-order valence-corrected chi connectivity index (χ4v) is 4.53. The number of rotatable bonds is 6. The van der Waals surface area contributed by atoms with Crippen LogP contribution < -0.4 is 10.2 Å². The normalized spacial score (nSPS) is 18.3. The first kappa shape index (κ1) is 21.4. The van der Waals surface area contributed by atoms with E-state index in [9.17, 15) is 4.79 Å². The third-order valence-electron chi connectivity index (χ3n) is 6.29. The highest BCUT2D eigenvalue weighted by molar-refractivity contribution is 6.05. The van der Waals surface area contributed by atoms with E-state index in [-0.39, 0.29) is 5.91 Å². The van der Waals surface area contributed by atoms with Gasteiger partial charge in [0.05, 0.1) is 0 Å². The first-order valence-electron chi connectivity index (χ1n) is 11.3. The van der Waals surface area contributed by atoms with Gasteiger partial charge in [-0.25, -0.2) is 0 Å². The van der Waals surface area contributed by atoms with Gasteiger partial charge in [-0.1, -0.05) is 55.5 Å². The number of likely N-dealkylation sites (N-methyl/N-ethyl adjacent to an activating group) is 1. The van der Waals surface area contributed by atoms with E-state index in [0.717, 1.165) is 43.7 Å². The first-order valence-corrected chi connectivity index (χ1v) is 11.3. The van der Waals surface area contributed by atoms with Crippen molar-refractivity contribution in [2.45, 2.75) is 26.2 Å². The number of aryl methyl sites for hydroxylation is 1. The Morgan fingerprint density at radius 2 is 1.94 bits per heavy atom. The molecule has 4 heteroatoms. The highest BCUT2D eigenvalue weighted by atomic mass is 16.1. The lowest BCUT2D eigenvalue weighted by molar-refractivity contribution is -0.113. The average Bonchev–Trinajstić information content (AvgIpc) is 2.78. The molecule has 2 aliphatic rings. The van der Waals surface area contributed by atoms with E-state index in [1.807, 2.05) is 18.2 Å². The van der Waals surface area contributed by atoms with Crippen LogP contribution in [-0.4, -0.2) is 44.5 Å². The highest BCUT2D eigenvalue weighted by Crippen LogP contribution is 2.33. The number of hydrogen-bond acceptors (Lipinski definition) is 3. The van der Waals surface area contributed by atoms with Gasteiger partial charge >= 0.3 is 0 Å². The molecule has 0 saturated heterocycles. The largest absolute Gasteiger partial charge is 0.370 e. The zero-order valence-electron chi connectivity index (χ0n) is 18.9. The van der Waals surface area contributed by atoms with E-state index in [1.54, 1.807) is 0 Å². The Bertz CT molecular complexity index is 991. The molecule has 4 nitrogen and oxygen atoms in total. The first-order chi connectivity index (χ1) is 15.0. The van der Waals surface area contributed by atoms with E-state index in [4.69, 9.17) is 0 Å². The van der Waals surface area contributed by atoms with Crippen LogP contribution in [0.5, 0.6) is 0 Å². The predicted molar refractivity (Wildman–Crippen MR) is 130 cm³/mol. The quantitative estimate of drug-likeness (QED) is 0.722. The third kappa shape index (κ3) is 5.08. The lowest BCUT2D eigenvalue weighted by atomic mass is 9.84. The molecular weight excluding hydrogens is 382 g/mol. The van der Waals surface area contributed by atoms with Crippen molar-refractivity contribution in [1.29, 1.82) is 0 Å². The van der Waals surface area contributed by atoms with Crippen molar-refractivity contribution in [3.8, 4) is 0 Å². The zero-order chi connectivity index (χ0) is 21.8. The molecule has 1 N–H and O–H groups in total. The Morgan fingerprint density at radius 1 is 1.13 bits per heavy atom. The Balaban J connectivity index is 1.48. The summed E-state index contributed by atoms with van der Waals surface area (Å²) in [5.41, 5.74) is 6.90. The molecule has 4 rings (SSSR count). The van der Waals surface area contributed by atoms with Crippen molar-refractivity contribution in [3.63, 3.8) is 0 Å². The van der Waals surface area contributed by atoms with Crippen molar-refractivity contribution in [1.82, 2.24) is 4.90 Å². The summed E-state index contributed by atoms with van der Waals surface area (Å²) in [4.78, 5) is 17.7. The van der Waals surface area contributed by atoms with Gasteiger partial charge in [0.25, 0.3) is 5.91 Å². The number of nitrogens with one attached hydrogen (secondary N) is 1. The van der Waals surface area contributed by atoms with Gasteiger partial charge in [0, 0.05) is 36.6 Å². The van der Waals surface area contributed by atoms with E-state index in [0.29, 0.717) is 5.92 Å². The van der Waals surface area contributed by atoms with Gasteiger partial charge in [-0.15, -0.1) is 0 Å². The Kier molecular flexibility index (Phi) is 6.57. The van der Waals surface area contributed by atoms with Gasteiger partial charge in [-0.2, -0.15) is 0 Å². The second-order valence-electron chi connectivity index (χ2n) is 8.98. The summed E-state index contributed by atoms with van der Waals surface area (Å²) in [6.07, 6.45) is 7.14. The van der Waals surface area contributed by atoms with Gasteiger partial charge in [-0.05, 0) is 68.1 Å². The monoisotopic (exact) mass is 415 g/mol. The van der Waals surface area contributed by atoms with Crippen LogP contribution in [-0.2, 0) is 11.2 Å². The summed E-state index contributed by atoms with van der Waals surface area (Å²) in [5, 5.41) is 3.15. The SMILES string of the molecule is CC1CC(C(=O)Nc2ccc3c(c2)N(CCN(C)C)CCC3)=CC=C1c1ccccc1. The topological polar surface area (TPSA) is 35.6 Å². The Morgan fingerprint density at radius 3 is 2.68 bits per heavy atom. The number of amides is 1. The van der Waals surface area contributed by atoms with Crippen molar-refractivity contribution in [2.24, 2.45) is 5.92 Å². The second-order valence-corrected chi connectivity index (χ2v) is 8.98. The molecule has 1 amide bonds. The van der Waals surface area contributed by atoms with Crippen LogP contribution in [0.2, 0.25) is 0 Å². The van der Waals surface area contributed by atoms with Crippen LogP contribution in [0.25, 0.3) is 5.57 Å². The smallest absolute Gasteiger partial charge is 0.251 e. The number of carbonyl (C=O) groups excluding carboxylic acids is 1. The molecule has 1 aliphatic heterocycles. The van der Waals surface area contributed by atoms with Crippen molar-refractivity contribution in [3.05, 3.63) is 77.4 Å². The minimum absolute atomic E-state index is 0.00538. The van der Waals surface area contributed by atoms with E-state index in [1.165, 1.54) is 28.8 Å². The molecule has 0 spiro atoms. The van der Waals surface area contributed by atoms with Gasteiger partial charge < -0.3 is 15.1 Å². The van der Waals surface area contributed by atoms with Crippen molar-refractivity contribution < 1.29 is 4.79 Å². The predicted octanol–water partition coefficient (Wildman–Crippen LogP) is 4.99. The van der Waals surface area contributed by atoms with Crippen LogP contribution in [0.4, 0.5) is 11.4 Å². The van der Waals surface area contributed by atoms with Gasteiger partial charge in [0.15, 0.2) is 0 Å². The zero-order valence-corrected chi connectivity index (χ0v) is 18.9. The van der Waals surface area contributed by atoms with Crippen molar-refractivity contribution in [2.75, 3.05) is 43.9 Å². The number of benzene rings is 2. The van der Waals surface area contributed by atoms with Crippen LogP contribution in [0.1, 0.15) is 30.9 Å². The van der Waals surface area contributed by atoms with Crippen LogP contribution >= 0.6 is 0 Å². The molecule has 0 aromatic heterocycles. The molecule has 1 heterocycles. The molecule has 2 aromatic rings. The second kappa shape index (κ2) is 9.52. The molecule has 1 atom stereocenters. The lowest BCUT2D eigenvalue weighted by Gasteiger charge is -2.32. The molecule has 2 aromatic carbocycles. The number of carbonyl (C=O) groups is 1. The van der Waals surface area contributed by atoms with Gasteiger partial charge in [-0.3, -0.25) is 4.79 Å². The number of nitrogens with zero attached hydrogens (tertiary/aromatic N) is 2. The summed E-state index contributed by atoms with van der Waals surface area (Å²) >= 11 is 0. The number of allylic oxidation sites excluding steroid dienone is 3. The molecule has 0 bridgehead atoms. The maximum absolute atomic E-state index is 13.0. The number of anilines is 2. The number of fused-ring (bicyclic) bond motifs is 1. The summed E-state index contributed by atoms with van der Waals surface area (Å²) in [5.74, 6) is 0.323. The minimum Gasteiger partial charge on any atom is -0.370 e. The highest BCUT2D eigenvalue weighted by Gasteiger charge is 2.22. The maximum Gasteiger partial charge on any atom is 0.251 e. The summed E-state index contributed by atoms with van der Waals surface area (Å²) in [6, 6.07) is 16.8. The molecule has 1 unspecified atom stereocenters. The summed E-state index contributed by atoms with van der Waals surface area (Å²) < 4.78 is 0. The van der Waals surface area contributed by atoms with Gasteiger partial charge in [0.1, 0.15) is 0 Å². The van der Waals surface area contributed by atoms with E-state index >= 15 is 0 Å². The molecule has 162 valence electrons. The molecule has 1 aliphatic carbocycles. The fraction of sp³-hybridized carbons (Fsp3) is 0.370. The average molecular weight is 416 g/mol. The summed E-state index contributed by atoms with van der Waals surface area (Å²) in [6.45, 7) is 5.30. The van der Waals surface area contributed by atoms with Crippen molar-refractivity contribution >= 4 is 22.9 Å². The standard InChI is InChI=1S/C27H33N3O/c1-20-18-23(12-14-25(20)21-8-5-4-6-9-21)27(31)28-24-13-11-22-10-7-15-30(26(22)19-24)17-16-29(2)3/h4-6,8-9,11-14,19-20H,7,10,15-18H2,1-3H3,(H,28,31). The molecule has 0 radical (unpaired) electrons. The minimum atomic E-state index is 0.00538. The lowest BCUT2D eigenvalue weighted by Crippen LogP contribution is -2.35. The Hall–Kier alpha value is -2.85. The fourth-order valence-electron chi connectivity index (χ4n) is 4.53. The maximum atomic E-state index is 13.0. The van der Waals surface area contributed by atoms with Crippen LogP contribution in [0.3, 0.4) is 0 Å². The third-order valence-corrected chi connectivity index (χ3v) is 6.29. The van der Waals surface area contributed by atoms with Gasteiger partial charge in [0.2, 0.25) is 0 Å². The number of hydrogen-bond donors (Lipinski definition) is 1. The van der Waals surface area contributed by atoms with Crippen LogP contribution in [0, 0.1) is 5.92 Å².